The molecule has 0 radical (unpaired) electrons. The average Bonchev–Trinajstić information content (AvgIpc) is 2.13. The highest BCUT2D eigenvalue weighted by Crippen LogP contribution is 2.07. The number of nitrogens with zero attached hydrogens (tertiary/aromatic N) is 1. The van der Waals surface area contributed by atoms with Gasteiger partial charge in [0, 0.05) is 25.7 Å². The van der Waals surface area contributed by atoms with Crippen LogP contribution in [0.1, 0.15) is 6.92 Å². The Labute approximate surface area is 61.1 Å². The van der Waals surface area contributed by atoms with Gasteiger partial charge in [-0.25, -0.2) is 5.01 Å². The Balaban J connectivity index is 2.31. The molecule has 60 valence electrons. The lowest BCUT2D eigenvalue weighted by Gasteiger charge is -2.12. The summed E-state index contributed by atoms with van der Waals surface area (Å²) in [7, 11) is 0. The molecule has 1 heterocycles. The fourth-order valence-electron chi connectivity index (χ4n) is 1.22. The predicted molar refractivity (Wildman–Crippen MR) is 39.1 cm³/mol. The third-order valence-corrected chi connectivity index (χ3v) is 1.72. The van der Waals surface area contributed by atoms with Crippen LogP contribution in [0, 0.1) is 0 Å². The molecule has 0 aromatic heterocycles. The number of rotatable bonds is 2. The van der Waals surface area contributed by atoms with Crippen LogP contribution in [0.3, 0.4) is 0 Å². The van der Waals surface area contributed by atoms with Crippen molar-refractivity contribution >= 4 is 0 Å². The van der Waals surface area contributed by atoms with E-state index in [4.69, 9.17) is 16.3 Å². The van der Waals surface area contributed by atoms with Crippen LogP contribution in [0.4, 0.5) is 0 Å². The minimum Gasteiger partial charge on any atom is -0.375 e. The highest BCUT2D eigenvalue weighted by molar-refractivity contribution is 4.84. The molecule has 4 N–H and O–H groups in total. The first-order chi connectivity index (χ1) is 4.74. The Morgan fingerprint density at radius 1 is 1.60 bits per heavy atom. The van der Waals surface area contributed by atoms with Gasteiger partial charge in [-0.1, -0.05) is 0 Å². The summed E-state index contributed by atoms with van der Waals surface area (Å²) in [5.41, 5.74) is 5.71. The molecule has 0 spiro atoms. The maximum atomic E-state index is 5.71. The molecular weight excluding hydrogens is 130 g/mol. The fourth-order valence-corrected chi connectivity index (χ4v) is 1.22. The van der Waals surface area contributed by atoms with Gasteiger partial charge >= 0.3 is 0 Å². The predicted octanol–water partition coefficient (Wildman–Crippen LogP) is -1.09. The maximum absolute atomic E-state index is 5.71. The van der Waals surface area contributed by atoms with E-state index in [0.29, 0.717) is 6.61 Å². The number of ether oxygens (including phenoxy) is 1. The molecule has 0 aliphatic carbocycles. The first-order valence-electron chi connectivity index (χ1n) is 3.61. The van der Waals surface area contributed by atoms with Crippen molar-refractivity contribution in [3.63, 3.8) is 0 Å². The topological polar surface area (TPSA) is 64.5 Å². The van der Waals surface area contributed by atoms with Crippen molar-refractivity contribution in [3.05, 3.63) is 0 Å². The van der Waals surface area contributed by atoms with Crippen LogP contribution >= 0.6 is 0 Å². The van der Waals surface area contributed by atoms with Gasteiger partial charge in [-0.05, 0) is 6.92 Å². The minimum absolute atomic E-state index is 0.0879. The van der Waals surface area contributed by atoms with Crippen molar-refractivity contribution in [3.8, 4) is 0 Å². The van der Waals surface area contributed by atoms with Crippen molar-refractivity contribution in [1.29, 1.82) is 0 Å². The van der Waals surface area contributed by atoms with Crippen molar-refractivity contribution in [2.75, 3.05) is 19.7 Å². The molecule has 0 aromatic carbocycles. The molecule has 1 fully saturated rings. The average molecular weight is 145 g/mol. The summed E-state index contributed by atoms with van der Waals surface area (Å²) < 4.78 is 5.34. The quantitative estimate of drug-likeness (QED) is 0.484. The molecular formula is C6H15N3O. The monoisotopic (exact) mass is 145 g/mol. The van der Waals surface area contributed by atoms with Crippen LogP contribution in [0.25, 0.3) is 0 Å². The summed E-state index contributed by atoms with van der Waals surface area (Å²) in [6, 6.07) is 0.0879. The van der Waals surface area contributed by atoms with Crippen LogP contribution in [0.15, 0.2) is 0 Å². The molecule has 4 heteroatoms. The van der Waals surface area contributed by atoms with Gasteiger partial charge in [0.15, 0.2) is 0 Å². The molecule has 0 saturated carbocycles. The van der Waals surface area contributed by atoms with E-state index in [9.17, 15) is 0 Å². The van der Waals surface area contributed by atoms with Crippen molar-refractivity contribution < 1.29 is 4.74 Å². The van der Waals surface area contributed by atoms with Gasteiger partial charge < -0.3 is 10.5 Å². The van der Waals surface area contributed by atoms with Gasteiger partial charge in [0.2, 0.25) is 0 Å². The summed E-state index contributed by atoms with van der Waals surface area (Å²) in [4.78, 5) is 0. The zero-order valence-corrected chi connectivity index (χ0v) is 6.29. The highest BCUT2D eigenvalue weighted by Gasteiger charge is 2.28. The molecule has 0 amide bonds. The minimum atomic E-state index is 0.0879. The van der Waals surface area contributed by atoms with Crippen LogP contribution in [0.5, 0.6) is 0 Å². The highest BCUT2D eigenvalue weighted by atomic mass is 16.5. The molecule has 1 rings (SSSR count). The molecule has 0 aromatic rings. The molecule has 10 heavy (non-hydrogen) atoms. The van der Waals surface area contributed by atoms with E-state index in [1.54, 1.807) is 5.01 Å². The molecule has 1 aliphatic rings. The second-order valence-electron chi connectivity index (χ2n) is 2.61. The van der Waals surface area contributed by atoms with Gasteiger partial charge in [-0.15, -0.1) is 0 Å². The third-order valence-electron chi connectivity index (χ3n) is 1.72. The van der Waals surface area contributed by atoms with Gasteiger partial charge in [0.05, 0.1) is 6.10 Å². The van der Waals surface area contributed by atoms with Gasteiger partial charge in [0.25, 0.3) is 0 Å². The van der Waals surface area contributed by atoms with Gasteiger partial charge in [0.1, 0.15) is 0 Å². The summed E-state index contributed by atoms with van der Waals surface area (Å²) in [5.74, 6) is 5.52. The van der Waals surface area contributed by atoms with E-state index in [2.05, 4.69) is 0 Å². The number of nitrogens with two attached hydrogens (primary N) is 2. The number of hydrazine groups is 1. The first-order valence-corrected chi connectivity index (χ1v) is 3.61. The Kier molecular flexibility index (Phi) is 2.62. The van der Waals surface area contributed by atoms with E-state index >= 15 is 0 Å². The maximum Gasteiger partial charge on any atom is 0.0879 e. The Morgan fingerprint density at radius 2 is 2.30 bits per heavy atom. The first kappa shape index (κ1) is 7.94. The lowest BCUT2D eigenvalue weighted by Crippen LogP contribution is -2.35. The van der Waals surface area contributed by atoms with Gasteiger partial charge in [-0.3, -0.25) is 5.84 Å². The van der Waals surface area contributed by atoms with Crippen molar-refractivity contribution in [1.82, 2.24) is 5.01 Å². The lowest BCUT2D eigenvalue weighted by atomic mass is 10.2. The standard InChI is InChI=1S/C6H15N3O/c1-2-10-6-4-9(8)3-5(6)7/h5-6H,2-4,7-8H2,1H3. The Bertz CT molecular complexity index is 109. The second kappa shape index (κ2) is 3.30. The summed E-state index contributed by atoms with van der Waals surface area (Å²) >= 11 is 0. The van der Waals surface area contributed by atoms with Crippen LogP contribution in [-0.4, -0.2) is 36.9 Å². The zero-order valence-electron chi connectivity index (χ0n) is 6.29. The normalized spacial score (nSPS) is 35.1. The van der Waals surface area contributed by atoms with Crippen LogP contribution in [0.2, 0.25) is 0 Å². The van der Waals surface area contributed by atoms with Crippen LogP contribution in [-0.2, 0) is 4.74 Å². The summed E-state index contributed by atoms with van der Waals surface area (Å²) in [5, 5.41) is 1.70. The molecule has 2 unspecified atom stereocenters. The molecule has 0 bridgehead atoms. The second-order valence-corrected chi connectivity index (χ2v) is 2.61. The number of hydrogen-bond donors (Lipinski definition) is 2. The Hall–Kier alpha value is -0.160. The van der Waals surface area contributed by atoms with E-state index in [-0.39, 0.29) is 12.1 Å². The van der Waals surface area contributed by atoms with E-state index in [1.165, 1.54) is 0 Å². The third kappa shape index (κ3) is 1.67. The largest absolute Gasteiger partial charge is 0.375 e. The molecule has 2 atom stereocenters. The van der Waals surface area contributed by atoms with E-state index in [0.717, 1.165) is 13.1 Å². The summed E-state index contributed by atoms with van der Waals surface area (Å²) in [6.07, 6.45) is 0.134. The Morgan fingerprint density at radius 3 is 2.70 bits per heavy atom. The SMILES string of the molecule is CCOC1CN(N)CC1N. The van der Waals surface area contributed by atoms with Crippen molar-refractivity contribution in [2.45, 2.75) is 19.1 Å². The number of hydrogen-bond acceptors (Lipinski definition) is 4. The van der Waals surface area contributed by atoms with Crippen molar-refractivity contribution in [2.24, 2.45) is 11.6 Å². The van der Waals surface area contributed by atoms with E-state index in [1.807, 2.05) is 6.92 Å². The van der Waals surface area contributed by atoms with E-state index < -0.39 is 0 Å². The summed E-state index contributed by atoms with van der Waals surface area (Å²) in [6.45, 7) is 4.18. The molecule has 1 saturated heterocycles. The molecule has 1 aliphatic heterocycles. The zero-order chi connectivity index (χ0) is 7.56. The smallest absolute Gasteiger partial charge is 0.0879 e. The lowest BCUT2D eigenvalue weighted by molar-refractivity contribution is 0.0604. The fraction of sp³-hybridized carbons (Fsp3) is 1.00. The van der Waals surface area contributed by atoms with Gasteiger partial charge in [-0.2, -0.15) is 0 Å². The molecule has 4 nitrogen and oxygen atoms in total. The van der Waals surface area contributed by atoms with Crippen LogP contribution < -0.4 is 11.6 Å².